The molecule has 2 rings (SSSR count). The first-order valence-corrected chi connectivity index (χ1v) is 11.7. The summed E-state index contributed by atoms with van der Waals surface area (Å²) in [4.78, 5) is 0. The number of nitrogens with one attached hydrogen (secondary N) is 8. The van der Waals surface area contributed by atoms with Gasteiger partial charge in [0.25, 0.3) is 0 Å². The van der Waals surface area contributed by atoms with E-state index in [4.69, 9.17) is 0 Å². The van der Waals surface area contributed by atoms with E-state index < -0.39 is 0 Å². The molecule has 8 nitrogen and oxygen atoms in total. The van der Waals surface area contributed by atoms with Crippen LogP contribution in [0.2, 0.25) is 0 Å². The summed E-state index contributed by atoms with van der Waals surface area (Å²) in [7, 11) is 0. The third-order valence-corrected chi connectivity index (χ3v) is 4.74. The fraction of sp³-hybridized carbons (Fsp3) is 1.00. The van der Waals surface area contributed by atoms with Crippen molar-refractivity contribution in [2.45, 2.75) is 25.7 Å². The molecule has 0 spiro atoms. The van der Waals surface area contributed by atoms with Crippen LogP contribution in [-0.4, -0.2) is 105 Å². The second kappa shape index (κ2) is 36.9. The van der Waals surface area contributed by atoms with Gasteiger partial charge in [0.2, 0.25) is 0 Å². The molecule has 0 radical (unpaired) electrons. The zero-order chi connectivity index (χ0) is 19.8. The van der Waals surface area contributed by atoms with Gasteiger partial charge in [0.15, 0.2) is 0 Å². The second-order valence-electron chi connectivity index (χ2n) is 7.41. The Morgan fingerprint density at radius 3 is 0.469 bits per heavy atom. The minimum absolute atomic E-state index is 0. The molecule has 12 heteroatoms. The standard InChI is InChI=1S/2C10H24N4.2Ni.2H2S/c2*1-3-11-7-9-13-5-2-6-14-10-8-12-4-1;;;;/h2*11-14H,1-10H2;;;2*1H2/q;;2*+2;;/p-2. The molecule has 2 heterocycles. The summed E-state index contributed by atoms with van der Waals surface area (Å²) in [6.45, 7) is 17.7. The van der Waals surface area contributed by atoms with Gasteiger partial charge in [-0.1, -0.05) is 0 Å². The smallest absolute Gasteiger partial charge is 0.813 e. The molecular formula is C20H50N8Ni2S2+2. The second-order valence-corrected chi connectivity index (χ2v) is 7.41. The molecule has 2 aliphatic rings. The average molecular weight is 584 g/mol. The zero-order valence-corrected chi connectivity index (χ0v) is 23.4. The fourth-order valence-corrected chi connectivity index (χ4v) is 3.06. The summed E-state index contributed by atoms with van der Waals surface area (Å²) in [6.07, 6.45) is 4.89. The molecule has 0 atom stereocenters. The summed E-state index contributed by atoms with van der Waals surface area (Å²) in [5, 5.41) is 27.4. The van der Waals surface area contributed by atoms with Crippen molar-refractivity contribution in [2.75, 3.05) is 105 Å². The third kappa shape index (κ3) is 33.5. The van der Waals surface area contributed by atoms with Gasteiger partial charge in [-0.3, -0.25) is 0 Å². The van der Waals surface area contributed by atoms with Crippen LogP contribution in [0.3, 0.4) is 0 Å². The monoisotopic (exact) mass is 582 g/mol. The topological polar surface area (TPSA) is 96.2 Å². The Morgan fingerprint density at radius 1 is 0.219 bits per heavy atom. The Labute approximate surface area is 232 Å². The predicted molar refractivity (Wildman–Crippen MR) is 139 cm³/mol. The largest absolute Gasteiger partial charge is 2.00 e. The Morgan fingerprint density at radius 2 is 0.344 bits per heavy atom. The molecule has 0 amide bonds. The van der Waals surface area contributed by atoms with Gasteiger partial charge in [0.05, 0.1) is 0 Å². The summed E-state index contributed by atoms with van der Waals surface area (Å²) >= 11 is 0. The van der Waals surface area contributed by atoms with Crippen LogP contribution in [0.15, 0.2) is 0 Å². The summed E-state index contributed by atoms with van der Waals surface area (Å²) in [6, 6.07) is 0. The normalized spacial score (nSPS) is 21.0. The van der Waals surface area contributed by atoms with E-state index in [0.717, 1.165) is 105 Å². The molecule has 2 aliphatic heterocycles. The van der Waals surface area contributed by atoms with Crippen LogP contribution in [0, 0.1) is 0 Å². The number of rotatable bonds is 0. The summed E-state index contributed by atoms with van der Waals surface area (Å²) in [5.41, 5.74) is 0. The quantitative estimate of drug-likeness (QED) is 0.0907. The third-order valence-electron chi connectivity index (χ3n) is 4.74. The molecule has 0 unspecified atom stereocenters. The van der Waals surface area contributed by atoms with Crippen LogP contribution in [-0.2, 0) is 60.0 Å². The van der Waals surface area contributed by atoms with Gasteiger partial charge in [0, 0.05) is 52.4 Å². The zero-order valence-electron chi connectivity index (χ0n) is 19.7. The first-order valence-electron chi connectivity index (χ1n) is 11.7. The van der Waals surface area contributed by atoms with Gasteiger partial charge >= 0.3 is 33.0 Å². The Hall–Kier alpha value is 1.37. The van der Waals surface area contributed by atoms with Crippen LogP contribution in [0.25, 0.3) is 0 Å². The van der Waals surface area contributed by atoms with Crippen molar-refractivity contribution in [3.63, 3.8) is 0 Å². The molecule has 32 heavy (non-hydrogen) atoms. The Kier molecular flexibility index (Phi) is 46.8. The van der Waals surface area contributed by atoms with E-state index in [9.17, 15) is 0 Å². The van der Waals surface area contributed by atoms with E-state index in [1.807, 2.05) is 0 Å². The number of hydrogen-bond donors (Lipinski definition) is 8. The molecule has 2 fully saturated rings. The first-order chi connectivity index (χ1) is 14.0. The minimum atomic E-state index is 0. The number of thiol groups is 2. The average Bonchev–Trinajstić information content (AvgIpc) is 2.72. The van der Waals surface area contributed by atoms with Gasteiger partial charge in [-0.2, -0.15) is 0 Å². The van der Waals surface area contributed by atoms with E-state index in [1.165, 1.54) is 25.7 Å². The maximum atomic E-state index is 3.42. The van der Waals surface area contributed by atoms with Crippen molar-refractivity contribution >= 4 is 27.0 Å². The van der Waals surface area contributed by atoms with E-state index in [2.05, 4.69) is 42.5 Å². The van der Waals surface area contributed by atoms with E-state index >= 15 is 0 Å². The van der Waals surface area contributed by atoms with Crippen molar-refractivity contribution in [3.8, 4) is 0 Å². The van der Waals surface area contributed by atoms with Crippen molar-refractivity contribution in [2.24, 2.45) is 0 Å². The molecule has 0 aromatic rings. The van der Waals surface area contributed by atoms with Crippen LogP contribution in [0.1, 0.15) is 25.7 Å². The van der Waals surface area contributed by atoms with E-state index in [1.54, 1.807) is 0 Å². The van der Waals surface area contributed by atoms with Gasteiger partial charge < -0.3 is 69.5 Å². The minimum Gasteiger partial charge on any atom is -0.813 e. The Bertz CT molecular complexity index is 180. The summed E-state index contributed by atoms with van der Waals surface area (Å²) < 4.78 is 0. The maximum absolute atomic E-state index is 3.42. The van der Waals surface area contributed by atoms with Gasteiger partial charge in [-0.05, 0) is 78.0 Å². The first kappa shape index (κ1) is 40.5. The van der Waals surface area contributed by atoms with Crippen molar-refractivity contribution in [3.05, 3.63) is 0 Å². The number of hydrogen-bond acceptors (Lipinski definition) is 10. The van der Waals surface area contributed by atoms with Gasteiger partial charge in [-0.15, -0.1) is 0 Å². The molecular weight excluding hydrogens is 534 g/mol. The molecule has 0 aromatic carbocycles. The van der Waals surface area contributed by atoms with E-state index in [-0.39, 0.29) is 60.0 Å². The fourth-order valence-electron chi connectivity index (χ4n) is 3.06. The molecule has 200 valence electrons. The molecule has 0 aliphatic carbocycles. The van der Waals surface area contributed by atoms with Crippen LogP contribution >= 0.6 is 0 Å². The molecule has 2 saturated heterocycles. The van der Waals surface area contributed by atoms with Crippen molar-refractivity contribution < 1.29 is 33.0 Å². The van der Waals surface area contributed by atoms with Crippen LogP contribution in [0.4, 0.5) is 0 Å². The summed E-state index contributed by atoms with van der Waals surface area (Å²) in [5.74, 6) is 0. The molecule has 0 aromatic heterocycles. The predicted octanol–water partition coefficient (Wildman–Crippen LogP) is -2.27. The van der Waals surface area contributed by atoms with Gasteiger partial charge in [-0.25, -0.2) is 0 Å². The van der Waals surface area contributed by atoms with Crippen molar-refractivity contribution in [1.29, 1.82) is 0 Å². The molecule has 0 bridgehead atoms. The van der Waals surface area contributed by atoms with E-state index in [0.29, 0.717) is 0 Å². The van der Waals surface area contributed by atoms with Gasteiger partial charge in [0.1, 0.15) is 0 Å². The van der Waals surface area contributed by atoms with Crippen LogP contribution in [0.5, 0.6) is 0 Å². The Balaban J connectivity index is -0.000000218. The SMILES string of the molecule is C1CNCCNCCCNCCNC1.C1CNCCNCCCNCCNC1.[Ni+2].[Ni+2].[SH-].[SH-]. The van der Waals surface area contributed by atoms with Crippen LogP contribution < -0.4 is 42.5 Å². The maximum Gasteiger partial charge on any atom is 2.00 e. The molecule has 0 saturated carbocycles. The van der Waals surface area contributed by atoms with Crippen molar-refractivity contribution in [1.82, 2.24) is 42.5 Å². The molecule has 8 N–H and O–H groups in total.